The number of hydrogen-bond acceptors (Lipinski definition) is 2. The summed E-state index contributed by atoms with van der Waals surface area (Å²) in [5.41, 5.74) is 0.855. The third kappa shape index (κ3) is 2.50. The number of hydrogen-bond donors (Lipinski definition) is 1. The summed E-state index contributed by atoms with van der Waals surface area (Å²) in [4.78, 5) is 15.7. The fourth-order valence-electron chi connectivity index (χ4n) is 1.47. The molecule has 17 heavy (non-hydrogen) atoms. The Morgan fingerprint density at radius 1 is 1.47 bits per heavy atom. The highest BCUT2D eigenvalue weighted by atomic mass is 19.1. The second kappa shape index (κ2) is 4.37. The molecule has 0 saturated carbocycles. The number of imidazole rings is 1. The molecule has 0 bridgehead atoms. The maximum absolute atomic E-state index is 13.4. The van der Waals surface area contributed by atoms with Crippen LogP contribution >= 0.6 is 0 Å². The Balaban J connectivity index is 2.22. The van der Waals surface area contributed by atoms with Crippen molar-refractivity contribution in [2.45, 2.75) is 6.92 Å². The van der Waals surface area contributed by atoms with Crippen LogP contribution in [-0.4, -0.2) is 15.5 Å². The third-order valence-electron chi connectivity index (χ3n) is 2.31. The van der Waals surface area contributed by atoms with Gasteiger partial charge in [0.15, 0.2) is 5.82 Å². The summed E-state index contributed by atoms with van der Waals surface area (Å²) < 4.78 is 15.1. The number of aryl methyl sites for hydroxylation is 2. The van der Waals surface area contributed by atoms with Crippen molar-refractivity contribution in [3.8, 4) is 0 Å². The normalized spacial score (nSPS) is 10.3. The van der Waals surface area contributed by atoms with Crippen LogP contribution in [0.1, 0.15) is 15.9 Å². The van der Waals surface area contributed by atoms with E-state index >= 15 is 0 Å². The minimum Gasteiger partial charge on any atom is -0.338 e. The van der Waals surface area contributed by atoms with Crippen molar-refractivity contribution in [1.29, 1.82) is 0 Å². The zero-order chi connectivity index (χ0) is 12.4. The molecular weight excluding hydrogens is 221 g/mol. The topological polar surface area (TPSA) is 46.9 Å². The van der Waals surface area contributed by atoms with Crippen molar-refractivity contribution in [3.05, 3.63) is 47.7 Å². The van der Waals surface area contributed by atoms with E-state index in [4.69, 9.17) is 0 Å². The summed E-state index contributed by atoms with van der Waals surface area (Å²) in [5.74, 6) is -0.632. The quantitative estimate of drug-likeness (QED) is 0.863. The number of amides is 1. The molecule has 5 heteroatoms. The van der Waals surface area contributed by atoms with Gasteiger partial charge in [0.1, 0.15) is 5.82 Å². The number of carbonyl (C=O) groups excluding carboxylic acids is 1. The van der Waals surface area contributed by atoms with Crippen LogP contribution in [0.3, 0.4) is 0 Å². The van der Waals surface area contributed by atoms with Crippen LogP contribution in [0.4, 0.5) is 10.2 Å². The van der Waals surface area contributed by atoms with Crippen molar-refractivity contribution >= 4 is 11.7 Å². The zero-order valence-corrected chi connectivity index (χ0v) is 9.57. The molecule has 88 valence electrons. The van der Waals surface area contributed by atoms with Crippen molar-refractivity contribution in [1.82, 2.24) is 9.55 Å². The van der Waals surface area contributed by atoms with E-state index in [1.165, 1.54) is 12.1 Å². The fraction of sp³-hybridized carbons (Fsp3) is 0.167. The molecular formula is C12H12FN3O. The molecule has 1 aromatic carbocycles. The average Bonchev–Trinajstić information content (AvgIpc) is 2.67. The molecule has 1 amide bonds. The molecule has 2 aromatic rings. The Labute approximate surface area is 98.1 Å². The number of halogens is 1. The van der Waals surface area contributed by atoms with Crippen molar-refractivity contribution in [3.63, 3.8) is 0 Å². The first-order valence-corrected chi connectivity index (χ1v) is 5.12. The first-order valence-electron chi connectivity index (χ1n) is 5.12. The van der Waals surface area contributed by atoms with Crippen molar-refractivity contribution < 1.29 is 9.18 Å². The van der Waals surface area contributed by atoms with Gasteiger partial charge in [0, 0.05) is 13.2 Å². The van der Waals surface area contributed by atoms with Gasteiger partial charge in [-0.25, -0.2) is 9.37 Å². The number of benzene rings is 1. The van der Waals surface area contributed by atoms with Crippen LogP contribution in [0.2, 0.25) is 0 Å². The van der Waals surface area contributed by atoms with Crippen LogP contribution in [-0.2, 0) is 7.05 Å². The average molecular weight is 233 g/mol. The standard InChI is InChI=1S/C12H12FN3O/c1-8-3-4-10(13)9(5-8)12(17)15-11-6-16(2)7-14-11/h3-7H,1-2H3,(H,15,17). The van der Waals surface area contributed by atoms with Gasteiger partial charge in [0.05, 0.1) is 11.9 Å². The van der Waals surface area contributed by atoms with E-state index in [1.54, 1.807) is 37.1 Å². The second-order valence-electron chi connectivity index (χ2n) is 3.86. The lowest BCUT2D eigenvalue weighted by Gasteiger charge is -2.04. The molecule has 0 saturated heterocycles. The molecule has 0 aliphatic carbocycles. The maximum Gasteiger partial charge on any atom is 0.259 e. The van der Waals surface area contributed by atoms with Gasteiger partial charge in [-0.15, -0.1) is 0 Å². The van der Waals surface area contributed by atoms with E-state index in [2.05, 4.69) is 10.3 Å². The number of rotatable bonds is 2. The SMILES string of the molecule is Cc1ccc(F)c(C(=O)Nc2cn(C)cn2)c1. The molecule has 1 N–H and O–H groups in total. The molecule has 0 aliphatic rings. The number of carbonyl (C=O) groups is 1. The molecule has 0 aliphatic heterocycles. The summed E-state index contributed by atoms with van der Waals surface area (Å²) in [5, 5.41) is 2.54. The summed E-state index contributed by atoms with van der Waals surface area (Å²) in [6.07, 6.45) is 3.20. The minimum absolute atomic E-state index is 0.0238. The van der Waals surface area contributed by atoms with Gasteiger partial charge < -0.3 is 9.88 Å². The number of anilines is 1. The first kappa shape index (κ1) is 11.3. The molecule has 0 radical (unpaired) electrons. The maximum atomic E-state index is 13.4. The smallest absolute Gasteiger partial charge is 0.259 e. The van der Waals surface area contributed by atoms with Crippen molar-refractivity contribution in [2.24, 2.45) is 7.05 Å². The summed E-state index contributed by atoms with van der Waals surface area (Å²) in [6.45, 7) is 1.80. The number of aromatic nitrogens is 2. The van der Waals surface area contributed by atoms with Crippen LogP contribution < -0.4 is 5.32 Å². The van der Waals surface area contributed by atoms with Crippen molar-refractivity contribution in [2.75, 3.05) is 5.32 Å². The predicted octanol–water partition coefficient (Wildman–Crippen LogP) is 2.12. The van der Waals surface area contributed by atoms with E-state index < -0.39 is 11.7 Å². The summed E-state index contributed by atoms with van der Waals surface area (Å²) >= 11 is 0. The highest BCUT2D eigenvalue weighted by Gasteiger charge is 2.12. The number of nitrogens with zero attached hydrogens (tertiary/aromatic N) is 2. The lowest BCUT2D eigenvalue weighted by molar-refractivity contribution is 0.102. The van der Waals surface area contributed by atoms with E-state index in [9.17, 15) is 9.18 Å². The highest BCUT2D eigenvalue weighted by Crippen LogP contribution is 2.12. The van der Waals surface area contributed by atoms with Crippen LogP contribution in [0.15, 0.2) is 30.7 Å². The molecule has 1 aromatic heterocycles. The van der Waals surface area contributed by atoms with Gasteiger partial charge in [0.2, 0.25) is 0 Å². The second-order valence-corrected chi connectivity index (χ2v) is 3.86. The Morgan fingerprint density at radius 3 is 2.88 bits per heavy atom. The van der Waals surface area contributed by atoms with Crippen LogP contribution in [0.5, 0.6) is 0 Å². The van der Waals surface area contributed by atoms with E-state index in [-0.39, 0.29) is 5.56 Å². The Kier molecular flexibility index (Phi) is 2.91. The zero-order valence-electron chi connectivity index (χ0n) is 9.57. The largest absolute Gasteiger partial charge is 0.338 e. The molecule has 0 spiro atoms. The fourth-order valence-corrected chi connectivity index (χ4v) is 1.47. The third-order valence-corrected chi connectivity index (χ3v) is 2.31. The molecule has 0 fully saturated rings. The van der Waals surface area contributed by atoms with Crippen LogP contribution in [0, 0.1) is 12.7 Å². The molecule has 2 rings (SSSR count). The predicted molar refractivity (Wildman–Crippen MR) is 62.3 cm³/mol. The van der Waals surface area contributed by atoms with E-state index in [1.807, 2.05) is 0 Å². The highest BCUT2D eigenvalue weighted by molar-refractivity contribution is 6.04. The first-order chi connectivity index (χ1) is 8.06. The van der Waals surface area contributed by atoms with Gasteiger partial charge in [-0.05, 0) is 19.1 Å². The molecule has 4 nitrogen and oxygen atoms in total. The van der Waals surface area contributed by atoms with Crippen LogP contribution in [0.25, 0.3) is 0 Å². The van der Waals surface area contributed by atoms with Gasteiger partial charge in [-0.3, -0.25) is 4.79 Å². The van der Waals surface area contributed by atoms with Gasteiger partial charge in [-0.1, -0.05) is 11.6 Å². The monoisotopic (exact) mass is 233 g/mol. The van der Waals surface area contributed by atoms with E-state index in [0.717, 1.165) is 5.56 Å². The molecule has 0 unspecified atom stereocenters. The minimum atomic E-state index is -0.538. The van der Waals surface area contributed by atoms with Gasteiger partial charge in [-0.2, -0.15) is 0 Å². The molecule has 1 heterocycles. The lowest BCUT2D eigenvalue weighted by atomic mass is 10.1. The lowest BCUT2D eigenvalue weighted by Crippen LogP contribution is -2.14. The Hall–Kier alpha value is -2.17. The molecule has 0 atom stereocenters. The van der Waals surface area contributed by atoms with Gasteiger partial charge >= 0.3 is 0 Å². The van der Waals surface area contributed by atoms with E-state index in [0.29, 0.717) is 5.82 Å². The summed E-state index contributed by atoms with van der Waals surface area (Å²) in [6, 6.07) is 4.41. The van der Waals surface area contributed by atoms with Gasteiger partial charge in [0.25, 0.3) is 5.91 Å². The number of nitrogens with one attached hydrogen (secondary N) is 1. The Morgan fingerprint density at radius 2 is 2.24 bits per heavy atom. The summed E-state index contributed by atoms with van der Waals surface area (Å²) in [7, 11) is 1.79. The Bertz CT molecular complexity index is 563.